The molecule has 3 atom stereocenters. The standard InChI is InChI=1S/C14H27NO3/c1-4-11-7-6-8-12(9-11)18-10-14(3,13(16)17)15-5-2/h11-12,15H,4-10H2,1-3H3,(H,16,17). The first-order valence-corrected chi connectivity index (χ1v) is 7.11. The second-order valence-electron chi connectivity index (χ2n) is 5.54. The van der Waals surface area contributed by atoms with Crippen LogP contribution in [0.3, 0.4) is 0 Å². The number of hydrogen-bond acceptors (Lipinski definition) is 3. The van der Waals surface area contributed by atoms with E-state index in [1.165, 1.54) is 19.3 Å². The first kappa shape index (κ1) is 15.4. The summed E-state index contributed by atoms with van der Waals surface area (Å²) in [5.74, 6) is -0.0915. The van der Waals surface area contributed by atoms with Crippen LogP contribution in [0.25, 0.3) is 0 Å². The van der Waals surface area contributed by atoms with E-state index in [1.807, 2.05) is 6.92 Å². The van der Waals surface area contributed by atoms with E-state index in [0.717, 1.165) is 18.8 Å². The molecule has 0 heterocycles. The summed E-state index contributed by atoms with van der Waals surface area (Å²) in [5.41, 5.74) is -0.964. The SMILES string of the molecule is CCNC(C)(COC1CCCC(CC)C1)C(=O)O. The maximum atomic E-state index is 11.3. The number of ether oxygens (including phenoxy) is 1. The van der Waals surface area contributed by atoms with Gasteiger partial charge < -0.3 is 15.2 Å². The van der Waals surface area contributed by atoms with Crippen molar-refractivity contribution in [1.82, 2.24) is 5.32 Å². The second kappa shape index (κ2) is 7.10. The highest BCUT2D eigenvalue weighted by Crippen LogP contribution is 2.28. The lowest BCUT2D eigenvalue weighted by Crippen LogP contribution is -2.53. The molecule has 0 aromatic rings. The molecule has 1 aliphatic rings. The van der Waals surface area contributed by atoms with E-state index in [1.54, 1.807) is 6.92 Å². The van der Waals surface area contributed by atoms with Crippen LogP contribution in [-0.4, -0.2) is 35.9 Å². The highest BCUT2D eigenvalue weighted by molar-refractivity contribution is 5.78. The number of carboxylic acid groups (broad SMARTS) is 1. The van der Waals surface area contributed by atoms with Crippen molar-refractivity contribution < 1.29 is 14.6 Å². The molecule has 4 heteroatoms. The molecular formula is C14H27NO3. The lowest BCUT2D eigenvalue weighted by atomic mass is 9.85. The predicted octanol–water partition coefficient (Wildman–Crippen LogP) is 2.42. The number of likely N-dealkylation sites (N-methyl/N-ethyl adjacent to an activating group) is 1. The summed E-state index contributed by atoms with van der Waals surface area (Å²) in [5, 5.41) is 12.2. The Balaban J connectivity index is 2.44. The van der Waals surface area contributed by atoms with E-state index in [4.69, 9.17) is 4.74 Å². The number of carboxylic acids is 1. The monoisotopic (exact) mass is 257 g/mol. The molecular weight excluding hydrogens is 230 g/mol. The number of hydrogen-bond donors (Lipinski definition) is 2. The average molecular weight is 257 g/mol. The normalized spacial score (nSPS) is 27.7. The lowest BCUT2D eigenvalue weighted by molar-refractivity contribution is -0.148. The molecule has 0 aromatic heterocycles. The zero-order valence-electron chi connectivity index (χ0n) is 11.9. The van der Waals surface area contributed by atoms with E-state index >= 15 is 0 Å². The Kier molecular flexibility index (Phi) is 6.09. The number of aliphatic carboxylic acids is 1. The minimum Gasteiger partial charge on any atom is -0.480 e. The van der Waals surface area contributed by atoms with Gasteiger partial charge in [0.05, 0.1) is 12.7 Å². The Labute approximate surface area is 110 Å². The van der Waals surface area contributed by atoms with Crippen LogP contribution in [0.15, 0.2) is 0 Å². The van der Waals surface area contributed by atoms with Gasteiger partial charge in [-0.1, -0.05) is 33.1 Å². The summed E-state index contributed by atoms with van der Waals surface area (Å²) >= 11 is 0. The van der Waals surface area contributed by atoms with E-state index in [2.05, 4.69) is 12.2 Å². The molecule has 18 heavy (non-hydrogen) atoms. The van der Waals surface area contributed by atoms with Crippen LogP contribution in [0.4, 0.5) is 0 Å². The Morgan fingerprint density at radius 3 is 2.72 bits per heavy atom. The summed E-state index contributed by atoms with van der Waals surface area (Å²) in [7, 11) is 0. The number of rotatable bonds is 7. The van der Waals surface area contributed by atoms with Crippen molar-refractivity contribution in [3.8, 4) is 0 Å². The fourth-order valence-electron chi connectivity index (χ4n) is 2.63. The molecule has 2 N–H and O–H groups in total. The molecule has 4 nitrogen and oxygen atoms in total. The molecule has 1 rings (SSSR count). The van der Waals surface area contributed by atoms with Crippen LogP contribution in [0.5, 0.6) is 0 Å². The summed E-state index contributed by atoms with van der Waals surface area (Å²) in [6, 6.07) is 0. The van der Waals surface area contributed by atoms with Gasteiger partial charge in [-0.2, -0.15) is 0 Å². The first-order chi connectivity index (χ1) is 8.51. The smallest absolute Gasteiger partial charge is 0.326 e. The molecule has 0 aliphatic heterocycles. The van der Waals surface area contributed by atoms with Crippen molar-refractivity contribution in [3.63, 3.8) is 0 Å². The van der Waals surface area contributed by atoms with Crippen LogP contribution in [0.2, 0.25) is 0 Å². The molecule has 1 saturated carbocycles. The fourth-order valence-corrected chi connectivity index (χ4v) is 2.63. The third kappa shape index (κ3) is 4.25. The van der Waals surface area contributed by atoms with Crippen LogP contribution in [-0.2, 0) is 9.53 Å². The van der Waals surface area contributed by atoms with E-state index in [9.17, 15) is 9.90 Å². The number of carbonyl (C=O) groups is 1. The van der Waals surface area contributed by atoms with Crippen molar-refractivity contribution in [2.75, 3.05) is 13.2 Å². The second-order valence-corrected chi connectivity index (χ2v) is 5.54. The average Bonchev–Trinajstić information content (AvgIpc) is 2.37. The number of nitrogens with one attached hydrogen (secondary N) is 1. The van der Waals surface area contributed by atoms with Gasteiger partial charge in [0.2, 0.25) is 0 Å². The first-order valence-electron chi connectivity index (χ1n) is 7.11. The van der Waals surface area contributed by atoms with Crippen molar-refractivity contribution in [2.45, 2.75) is 64.5 Å². The minimum absolute atomic E-state index is 0.237. The van der Waals surface area contributed by atoms with Gasteiger partial charge in [-0.3, -0.25) is 4.79 Å². The van der Waals surface area contributed by atoms with Gasteiger partial charge in [0, 0.05) is 0 Å². The van der Waals surface area contributed by atoms with Crippen molar-refractivity contribution >= 4 is 5.97 Å². The van der Waals surface area contributed by atoms with Crippen LogP contribution >= 0.6 is 0 Å². The molecule has 1 aliphatic carbocycles. The Morgan fingerprint density at radius 2 is 2.17 bits per heavy atom. The molecule has 0 saturated heterocycles. The molecule has 106 valence electrons. The van der Waals surface area contributed by atoms with E-state index in [-0.39, 0.29) is 12.7 Å². The van der Waals surface area contributed by atoms with Gasteiger partial charge in [0.15, 0.2) is 0 Å². The maximum absolute atomic E-state index is 11.3. The zero-order valence-corrected chi connectivity index (χ0v) is 11.9. The highest BCUT2D eigenvalue weighted by atomic mass is 16.5. The molecule has 3 unspecified atom stereocenters. The van der Waals surface area contributed by atoms with Crippen molar-refractivity contribution in [1.29, 1.82) is 0 Å². The third-order valence-electron chi connectivity index (χ3n) is 3.96. The van der Waals surface area contributed by atoms with Crippen molar-refractivity contribution in [3.05, 3.63) is 0 Å². The van der Waals surface area contributed by atoms with Gasteiger partial charge >= 0.3 is 5.97 Å². The Bertz CT molecular complexity index is 270. The zero-order chi connectivity index (χ0) is 13.6. The van der Waals surface area contributed by atoms with Crippen LogP contribution in [0, 0.1) is 5.92 Å². The minimum atomic E-state index is -0.964. The van der Waals surface area contributed by atoms with Gasteiger partial charge in [-0.05, 0) is 32.2 Å². The van der Waals surface area contributed by atoms with E-state index < -0.39 is 11.5 Å². The van der Waals surface area contributed by atoms with Crippen molar-refractivity contribution in [2.24, 2.45) is 5.92 Å². The molecule has 0 radical (unpaired) electrons. The fraction of sp³-hybridized carbons (Fsp3) is 0.929. The molecule has 0 spiro atoms. The summed E-state index contributed by atoms with van der Waals surface area (Å²) < 4.78 is 5.85. The summed E-state index contributed by atoms with van der Waals surface area (Å²) in [4.78, 5) is 11.3. The van der Waals surface area contributed by atoms with Gasteiger partial charge in [-0.15, -0.1) is 0 Å². The predicted molar refractivity (Wildman–Crippen MR) is 71.7 cm³/mol. The molecule has 1 fully saturated rings. The Morgan fingerprint density at radius 1 is 1.44 bits per heavy atom. The van der Waals surface area contributed by atoms with Crippen LogP contribution in [0.1, 0.15) is 52.9 Å². The quantitative estimate of drug-likeness (QED) is 0.735. The van der Waals surface area contributed by atoms with Gasteiger partial charge in [0.25, 0.3) is 0 Å². The Hall–Kier alpha value is -0.610. The molecule has 0 bridgehead atoms. The lowest BCUT2D eigenvalue weighted by Gasteiger charge is -2.32. The topological polar surface area (TPSA) is 58.6 Å². The summed E-state index contributed by atoms with van der Waals surface area (Å²) in [6.45, 7) is 6.70. The highest BCUT2D eigenvalue weighted by Gasteiger charge is 2.34. The maximum Gasteiger partial charge on any atom is 0.326 e. The van der Waals surface area contributed by atoms with Gasteiger partial charge in [-0.25, -0.2) is 0 Å². The van der Waals surface area contributed by atoms with Crippen LogP contribution < -0.4 is 5.32 Å². The van der Waals surface area contributed by atoms with Gasteiger partial charge in [0.1, 0.15) is 5.54 Å². The molecule has 0 amide bonds. The third-order valence-corrected chi connectivity index (χ3v) is 3.96. The molecule has 0 aromatic carbocycles. The largest absolute Gasteiger partial charge is 0.480 e. The van der Waals surface area contributed by atoms with E-state index in [0.29, 0.717) is 6.54 Å². The summed E-state index contributed by atoms with van der Waals surface area (Å²) in [6.07, 6.45) is 6.08.